The summed E-state index contributed by atoms with van der Waals surface area (Å²) in [5.41, 5.74) is 12.3. The van der Waals surface area contributed by atoms with Crippen LogP contribution in [0.4, 0.5) is 17.1 Å². The van der Waals surface area contributed by atoms with Gasteiger partial charge in [-0.25, -0.2) is 0 Å². The summed E-state index contributed by atoms with van der Waals surface area (Å²) in [4.78, 5) is 2.32. The lowest BCUT2D eigenvalue weighted by Crippen LogP contribution is -2.11. The first-order chi connectivity index (χ1) is 25.8. The van der Waals surface area contributed by atoms with Crippen LogP contribution in [0.25, 0.3) is 88.1 Å². The van der Waals surface area contributed by atoms with Gasteiger partial charge in [0.25, 0.3) is 0 Å². The minimum absolute atomic E-state index is 0.792. The molecule has 0 fully saturated rings. The number of furan rings is 3. The first-order valence-electron chi connectivity index (χ1n) is 17.5. The van der Waals surface area contributed by atoms with Gasteiger partial charge >= 0.3 is 0 Å². The molecule has 8 aromatic carbocycles. The molecule has 4 heteroatoms. The highest BCUT2D eigenvalue weighted by atomic mass is 16.3. The fourth-order valence-corrected chi connectivity index (χ4v) is 7.96. The molecule has 0 spiro atoms. The van der Waals surface area contributed by atoms with E-state index in [1.54, 1.807) is 0 Å². The first kappa shape index (κ1) is 28.8. The number of hydrogen-bond donors (Lipinski definition) is 0. The van der Waals surface area contributed by atoms with Crippen molar-refractivity contribution in [2.45, 2.75) is 0 Å². The minimum atomic E-state index is 0.792. The van der Waals surface area contributed by atoms with Gasteiger partial charge in [-0.05, 0) is 71.8 Å². The van der Waals surface area contributed by atoms with E-state index >= 15 is 0 Å². The number of hydrogen-bond acceptors (Lipinski definition) is 4. The van der Waals surface area contributed by atoms with E-state index in [1.807, 2.05) is 42.5 Å². The SMILES string of the molecule is c1ccc(-c2ccc(N(c3ccccc3)c3ccc4c(oc5ccc6oc7ccccc7c6c54)c3-c3cccc4c3oc3ccccc34)cc2)cc1. The first-order valence-corrected chi connectivity index (χ1v) is 17.5. The molecule has 3 heterocycles. The highest BCUT2D eigenvalue weighted by molar-refractivity contribution is 6.28. The van der Waals surface area contributed by atoms with Crippen LogP contribution in [-0.4, -0.2) is 0 Å². The van der Waals surface area contributed by atoms with Gasteiger partial charge in [0.2, 0.25) is 0 Å². The third-order valence-electron chi connectivity index (χ3n) is 10.3. The smallest absolute Gasteiger partial charge is 0.145 e. The second-order valence-corrected chi connectivity index (χ2v) is 13.2. The second kappa shape index (κ2) is 11.2. The average Bonchev–Trinajstić information content (AvgIpc) is 3.90. The van der Waals surface area contributed by atoms with E-state index in [2.05, 4.69) is 138 Å². The molecule has 0 N–H and O–H groups in total. The fourth-order valence-electron chi connectivity index (χ4n) is 7.96. The standard InChI is InChI=1S/C48H29NO3/c1-3-12-30(13-4-1)31-22-24-33(25-23-31)49(32-14-5-2-6-15-32)39-27-26-38-46-43(29-28-42-45(46)36-17-8-10-21-41(36)50-42)52-48(38)44(39)37-19-11-18-35-34-16-7-9-20-40(34)51-47(35)37/h1-29H. The van der Waals surface area contributed by atoms with Crippen molar-refractivity contribution >= 4 is 82.9 Å². The number of rotatable bonds is 5. The summed E-state index contributed by atoms with van der Waals surface area (Å²) in [7, 11) is 0. The van der Waals surface area contributed by atoms with Crippen molar-refractivity contribution in [3.05, 3.63) is 176 Å². The molecule has 0 bridgehead atoms. The maximum atomic E-state index is 7.02. The third kappa shape index (κ3) is 4.28. The van der Waals surface area contributed by atoms with E-state index in [-0.39, 0.29) is 0 Å². The van der Waals surface area contributed by atoms with Gasteiger partial charge in [0.05, 0.1) is 11.3 Å². The highest BCUT2D eigenvalue weighted by Crippen LogP contribution is 2.50. The molecule has 0 saturated carbocycles. The van der Waals surface area contributed by atoms with E-state index in [1.165, 1.54) is 5.56 Å². The van der Waals surface area contributed by atoms with Crippen molar-refractivity contribution in [1.82, 2.24) is 0 Å². The van der Waals surface area contributed by atoms with Gasteiger partial charge in [-0.3, -0.25) is 0 Å². The van der Waals surface area contributed by atoms with Crippen LogP contribution in [0.2, 0.25) is 0 Å². The molecule has 4 nitrogen and oxygen atoms in total. The van der Waals surface area contributed by atoms with Crippen LogP contribution in [0.1, 0.15) is 0 Å². The molecule has 0 aliphatic carbocycles. The molecule has 0 unspecified atom stereocenters. The molecular formula is C48H29NO3. The van der Waals surface area contributed by atoms with Gasteiger partial charge in [0.15, 0.2) is 0 Å². The predicted octanol–water partition coefficient (Wildman–Crippen LogP) is 14.2. The molecular weight excluding hydrogens is 639 g/mol. The lowest BCUT2D eigenvalue weighted by Gasteiger charge is -2.28. The molecule has 0 radical (unpaired) electrons. The van der Waals surface area contributed by atoms with E-state index < -0.39 is 0 Å². The number of fused-ring (bicyclic) bond motifs is 10. The number of nitrogens with zero attached hydrogens (tertiary/aromatic N) is 1. The second-order valence-electron chi connectivity index (χ2n) is 13.2. The minimum Gasteiger partial charge on any atom is -0.456 e. The van der Waals surface area contributed by atoms with Crippen molar-refractivity contribution in [3.63, 3.8) is 0 Å². The van der Waals surface area contributed by atoms with Crippen LogP contribution in [0.3, 0.4) is 0 Å². The van der Waals surface area contributed by atoms with Crippen LogP contribution < -0.4 is 4.90 Å². The van der Waals surface area contributed by atoms with Crippen molar-refractivity contribution in [2.75, 3.05) is 4.90 Å². The van der Waals surface area contributed by atoms with Crippen molar-refractivity contribution < 1.29 is 13.3 Å². The molecule has 0 aliphatic rings. The topological polar surface area (TPSA) is 42.7 Å². The van der Waals surface area contributed by atoms with E-state index in [0.29, 0.717) is 0 Å². The fraction of sp³-hybridized carbons (Fsp3) is 0. The molecule has 0 aliphatic heterocycles. The Morgan fingerprint density at radius 3 is 1.69 bits per heavy atom. The molecule has 244 valence electrons. The zero-order valence-corrected chi connectivity index (χ0v) is 27.9. The van der Waals surface area contributed by atoms with Crippen molar-refractivity contribution in [3.8, 4) is 22.3 Å². The summed E-state index contributed by atoms with van der Waals surface area (Å²) in [5, 5.41) is 6.34. The summed E-state index contributed by atoms with van der Waals surface area (Å²) in [5.74, 6) is 0. The Labute approximate surface area is 298 Å². The lowest BCUT2D eigenvalue weighted by molar-refractivity contribution is 0.662. The number of anilines is 3. The summed E-state index contributed by atoms with van der Waals surface area (Å²) < 4.78 is 20.1. The lowest BCUT2D eigenvalue weighted by atomic mass is 9.96. The molecule has 0 amide bonds. The van der Waals surface area contributed by atoms with Gasteiger partial charge in [-0.2, -0.15) is 0 Å². The average molecular weight is 668 g/mol. The Balaban J connectivity index is 1.25. The zero-order chi connectivity index (χ0) is 34.2. The van der Waals surface area contributed by atoms with Crippen molar-refractivity contribution in [2.24, 2.45) is 0 Å². The molecule has 52 heavy (non-hydrogen) atoms. The Hall–Kier alpha value is -7.04. The van der Waals surface area contributed by atoms with Crippen LogP contribution >= 0.6 is 0 Å². The summed E-state index contributed by atoms with van der Waals surface area (Å²) in [6.45, 7) is 0. The summed E-state index contributed by atoms with van der Waals surface area (Å²) >= 11 is 0. The maximum Gasteiger partial charge on any atom is 0.145 e. The van der Waals surface area contributed by atoms with E-state index in [0.717, 1.165) is 99.6 Å². The molecule has 0 atom stereocenters. The van der Waals surface area contributed by atoms with Gasteiger partial charge in [-0.1, -0.05) is 115 Å². The quantitative estimate of drug-likeness (QED) is 0.183. The Morgan fingerprint density at radius 2 is 0.904 bits per heavy atom. The maximum absolute atomic E-state index is 7.02. The molecule has 0 saturated heterocycles. The van der Waals surface area contributed by atoms with Crippen LogP contribution in [0, 0.1) is 0 Å². The van der Waals surface area contributed by atoms with E-state index in [4.69, 9.17) is 13.3 Å². The highest BCUT2D eigenvalue weighted by Gasteiger charge is 2.26. The monoisotopic (exact) mass is 667 g/mol. The number of benzene rings is 8. The third-order valence-corrected chi connectivity index (χ3v) is 10.3. The predicted molar refractivity (Wildman–Crippen MR) is 214 cm³/mol. The number of para-hydroxylation sites is 4. The van der Waals surface area contributed by atoms with Crippen LogP contribution in [0.5, 0.6) is 0 Å². The Morgan fingerprint density at radius 1 is 0.327 bits per heavy atom. The Kier molecular flexibility index (Phi) is 6.22. The normalized spacial score (nSPS) is 11.8. The van der Waals surface area contributed by atoms with Crippen LogP contribution in [0.15, 0.2) is 189 Å². The van der Waals surface area contributed by atoms with Crippen molar-refractivity contribution in [1.29, 1.82) is 0 Å². The van der Waals surface area contributed by atoms with Gasteiger partial charge in [-0.15, -0.1) is 0 Å². The van der Waals surface area contributed by atoms with Gasteiger partial charge < -0.3 is 18.2 Å². The van der Waals surface area contributed by atoms with Crippen LogP contribution in [-0.2, 0) is 0 Å². The van der Waals surface area contributed by atoms with Gasteiger partial charge in [0.1, 0.15) is 33.5 Å². The molecule has 11 rings (SSSR count). The van der Waals surface area contributed by atoms with E-state index in [9.17, 15) is 0 Å². The largest absolute Gasteiger partial charge is 0.456 e. The summed E-state index contributed by atoms with van der Waals surface area (Å²) in [6, 6.07) is 61.2. The zero-order valence-electron chi connectivity index (χ0n) is 27.9. The summed E-state index contributed by atoms with van der Waals surface area (Å²) in [6.07, 6.45) is 0. The molecule has 11 aromatic rings. The Bertz CT molecular complexity index is 3110. The molecule has 3 aromatic heterocycles. The van der Waals surface area contributed by atoms with Gasteiger partial charge in [0, 0.05) is 49.3 Å².